The fourth-order valence-corrected chi connectivity index (χ4v) is 4.74. The van der Waals surface area contributed by atoms with E-state index in [1.807, 2.05) is 6.92 Å². The summed E-state index contributed by atoms with van der Waals surface area (Å²) in [6.07, 6.45) is 0.599. The molecule has 1 aromatic rings. The van der Waals surface area contributed by atoms with E-state index in [0.29, 0.717) is 6.42 Å². The van der Waals surface area contributed by atoms with Crippen LogP contribution < -0.4 is 0 Å². The van der Waals surface area contributed by atoms with Gasteiger partial charge in [-0.25, -0.2) is 8.42 Å². The minimum atomic E-state index is -3.84. The first-order chi connectivity index (χ1) is 8.34. The average Bonchev–Trinajstić information content (AvgIpc) is 2.68. The summed E-state index contributed by atoms with van der Waals surface area (Å²) >= 11 is 6.64. The second kappa shape index (κ2) is 6.12. The number of carbonyl (C=O) groups excluding carboxylic acids is 1. The van der Waals surface area contributed by atoms with Gasteiger partial charge in [-0.1, -0.05) is 23.0 Å². The number of ketones is 1. The molecule has 0 atom stereocenters. The summed E-state index contributed by atoms with van der Waals surface area (Å²) in [6.45, 7) is 3.34. The van der Waals surface area contributed by atoms with Crippen molar-refractivity contribution in [2.75, 3.05) is 13.7 Å². The van der Waals surface area contributed by atoms with Gasteiger partial charge in [-0.2, -0.15) is 0 Å². The van der Waals surface area contributed by atoms with E-state index < -0.39 is 10.0 Å². The monoisotopic (exact) mass is 311 g/mol. The molecule has 102 valence electrons. The smallest absolute Gasteiger partial charge is 0.275 e. The van der Waals surface area contributed by atoms with Crippen LogP contribution in [0.2, 0.25) is 4.34 Å². The number of sulfonamides is 1. The van der Waals surface area contributed by atoms with Gasteiger partial charge in [0.2, 0.25) is 0 Å². The first kappa shape index (κ1) is 15.6. The molecule has 1 heterocycles. The minimum absolute atomic E-state index is 0.0738. The van der Waals surface area contributed by atoms with Crippen LogP contribution in [0.3, 0.4) is 0 Å². The second-order valence-electron chi connectivity index (χ2n) is 3.52. The molecule has 0 N–H and O–H groups in total. The van der Waals surface area contributed by atoms with Gasteiger partial charge < -0.3 is 0 Å². The molecule has 0 saturated heterocycles. The van der Waals surface area contributed by atoms with Crippen LogP contribution in [-0.2, 0) is 14.9 Å². The predicted octanol–water partition coefficient (Wildman–Crippen LogP) is 2.57. The Bertz CT molecular complexity index is 538. The summed E-state index contributed by atoms with van der Waals surface area (Å²) in [6, 6.07) is 1.36. The molecule has 8 heteroatoms. The summed E-state index contributed by atoms with van der Waals surface area (Å²) in [5, 5.41) is 0. The van der Waals surface area contributed by atoms with Crippen LogP contribution in [0.5, 0.6) is 0 Å². The van der Waals surface area contributed by atoms with Gasteiger partial charge in [-0.05, 0) is 19.4 Å². The summed E-state index contributed by atoms with van der Waals surface area (Å²) in [5.74, 6) is -0.343. The maximum absolute atomic E-state index is 12.3. The first-order valence-corrected chi connectivity index (χ1v) is 7.85. The maximum Gasteiger partial charge on any atom is 0.275 e. The SMILES string of the molecule is CCCN(OC)S(=O)(=O)c1sc(Cl)cc1C(C)=O. The van der Waals surface area contributed by atoms with Gasteiger partial charge in [-0.15, -0.1) is 11.3 Å². The predicted molar refractivity (Wildman–Crippen MR) is 70.5 cm³/mol. The Balaban J connectivity index is 3.31. The molecule has 0 saturated carbocycles. The van der Waals surface area contributed by atoms with Crippen LogP contribution in [0.4, 0.5) is 0 Å². The van der Waals surface area contributed by atoms with E-state index in [9.17, 15) is 13.2 Å². The molecule has 18 heavy (non-hydrogen) atoms. The van der Waals surface area contributed by atoms with Crippen LogP contribution in [0.15, 0.2) is 10.3 Å². The molecule has 0 aliphatic rings. The number of nitrogens with zero attached hydrogens (tertiary/aromatic N) is 1. The van der Waals surface area contributed by atoms with E-state index in [-0.39, 0.29) is 26.4 Å². The van der Waals surface area contributed by atoms with Gasteiger partial charge in [0.15, 0.2) is 5.78 Å². The number of Topliss-reactive ketones (excluding diaryl/α,β-unsaturated/α-hetero) is 1. The van der Waals surface area contributed by atoms with Crippen LogP contribution in [0, 0.1) is 0 Å². The number of hydrogen-bond acceptors (Lipinski definition) is 5. The Labute approximate surface area is 115 Å². The Morgan fingerprint density at radius 3 is 2.61 bits per heavy atom. The molecule has 0 amide bonds. The molecule has 0 aliphatic heterocycles. The van der Waals surface area contributed by atoms with Crippen molar-refractivity contribution in [2.24, 2.45) is 0 Å². The van der Waals surface area contributed by atoms with Gasteiger partial charge >= 0.3 is 0 Å². The van der Waals surface area contributed by atoms with Crippen molar-refractivity contribution in [3.63, 3.8) is 0 Å². The highest BCUT2D eigenvalue weighted by molar-refractivity contribution is 7.91. The molecule has 0 spiro atoms. The molecule has 0 bridgehead atoms. The van der Waals surface area contributed by atoms with Gasteiger partial charge in [0.05, 0.1) is 11.4 Å². The van der Waals surface area contributed by atoms with E-state index in [2.05, 4.69) is 0 Å². The number of halogens is 1. The third-order valence-corrected chi connectivity index (χ3v) is 5.66. The normalized spacial score (nSPS) is 12.1. The highest BCUT2D eigenvalue weighted by atomic mass is 35.5. The third kappa shape index (κ3) is 3.10. The fourth-order valence-electron chi connectivity index (χ4n) is 1.37. The lowest BCUT2D eigenvalue weighted by molar-refractivity contribution is -0.0481. The van der Waals surface area contributed by atoms with E-state index in [1.165, 1.54) is 20.1 Å². The van der Waals surface area contributed by atoms with Crippen LogP contribution in [0.25, 0.3) is 0 Å². The number of thiophene rings is 1. The molecular weight excluding hydrogens is 298 g/mol. The van der Waals surface area contributed by atoms with Crippen molar-refractivity contribution >= 4 is 38.7 Å². The van der Waals surface area contributed by atoms with Crippen LogP contribution in [-0.4, -0.2) is 32.3 Å². The third-order valence-electron chi connectivity index (χ3n) is 2.16. The molecule has 0 radical (unpaired) electrons. The lowest BCUT2D eigenvalue weighted by Crippen LogP contribution is -2.31. The second-order valence-corrected chi connectivity index (χ2v) is 7.23. The highest BCUT2D eigenvalue weighted by Gasteiger charge is 2.30. The molecule has 1 aromatic heterocycles. The van der Waals surface area contributed by atoms with Crippen molar-refractivity contribution in [3.8, 4) is 0 Å². The summed E-state index contributed by atoms with van der Waals surface area (Å²) in [7, 11) is -2.57. The van der Waals surface area contributed by atoms with Gasteiger partial charge in [0.1, 0.15) is 4.21 Å². The van der Waals surface area contributed by atoms with Crippen molar-refractivity contribution in [1.82, 2.24) is 4.47 Å². The average molecular weight is 312 g/mol. The maximum atomic E-state index is 12.3. The topological polar surface area (TPSA) is 63.7 Å². The van der Waals surface area contributed by atoms with Gasteiger partial charge in [-0.3, -0.25) is 9.63 Å². The van der Waals surface area contributed by atoms with E-state index >= 15 is 0 Å². The standard InChI is InChI=1S/C10H14ClNO4S2/c1-4-5-12(16-3)18(14,15)10-8(7(2)13)6-9(11)17-10/h6H,4-5H2,1-3H3. The number of hydrogen-bond donors (Lipinski definition) is 0. The molecule has 0 fully saturated rings. The molecule has 0 unspecified atom stereocenters. The Hall–Kier alpha value is -0.470. The van der Waals surface area contributed by atoms with Crippen LogP contribution >= 0.6 is 22.9 Å². The lowest BCUT2D eigenvalue weighted by atomic mass is 10.2. The zero-order valence-corrected chi connectivity index (χ0v) is 12.7. The summed E-state index contributed by atoms with van der Waals surface area (Å²) in [4.78, 5) is 16.3. The van der Waals surface area contributed by atoms with Gasteiger partial charge in [0, 0.05) is 12.1 Å². The quantitative estimate of drug-likeness (QED) is 0.598. The van der Waals surface area contributed by atoms with Crippen molar-refractivity contribution < 1.29 is 18.0 Å². The summed E-state index contributed by atoms with van der Waals surface area (Å²) in [5.41, 5.74) is 0.100. The molecule has 0 aromatic carbocycles. The molecule has 0 aliphatic carbocycles. The largest absolute Gasteiger partial charge is 0.294 e. The van der Waals surface area contributed by atoms with E-state index in [1.54, 1.807) is 0 Å². The zero-order chi connectivity index (χ0) is 13.9. The fraction of sp³-hybridized carbons (Fsp3) is 0.500. The van der Waals surface area contributed by atoms with E-state index in [4.69, 9.17) is 16.4 Å². The number of hydroxylamine groups is 1. The lowest BCUT2D eigenvalue weighted by Gasteiger charge is -2.18. The van der Waals surface area contributed by atoms with Gasteiger partial charge in [0.25, 0.3) is 10.0 Å². The summed E-state index contributed by atoms with van der Waals surface area (Å²) < 4.78 is 25.6. The number of carbonyl (C=O) groups is 1. The van der Waals surface area contributed by atoms with Crippen molar-refractivity contribution in [3.05, 3.63) is 16.0 Å². The molecule has 5 nitrogen and oxygen atoms in total. The van der Waals surface area contributed by atoms with Crippen molar-refractivity contribution in [2.45, 2.75) is 24.5 Å². The molecular formula is C10H14ClNO4S2. The Kier molecular flexibility index (Phi) is 5.30. The van der Waals surface area contributed by atoms with E-state index in [0.717, 1.165) is 15.8 Å². The van der Waals surface area contributed by atoms with Crippen molar-refractivity contribution in [1.29, 1.82) is 0 Å². The minimum Gasteiger partial charge on any atom is -0.294 e. The highest BCUT2D eigenvalue weighted by Crippen LogP contribution is 2.33. The first-order valence-electron chi connectivity index (χ1n) is 5.21. The molecule has 1 rings (SSSR count). The Morgan fingerprint density at radius 2 is 2.17 bits per heavy atom. The Morgan fingerprint density at radius 1 is 1.56 bits per heavy atom. The number of rotatable bonds is 6. The zero-order valence-electron chi connectivity index (χ0n) is 10.3. The van der Waals surface area contributed by atoms with Crippen LogP contribution in [0.1, 0.15) is 30.6 Å².